The summed E-state index contributed by atoms with van der Waals surface area (Å²) in [5, 5.41) is 2.14. The van der Waals surface area contributed by atoms with Gasteiger partial charge in [0, 0.05) is 40.6 Å². The van der Waals surface area contributed by atoms with E-state index in [1.165, 1.54) is 17.8 Å². The first kappa shape index (κ1) is 21.4. The molecule has 0 spiro atoms. The van der Waals surface area contributed by atoms with Crippen LogP contribution in [0.15, 0.2) is 64.9 Å². The fourth-order valence-corrected chi connectivity index (χ4v) is 6.43. The highest BCUT2D eigenvalue weighted by atomic mass is 32.2. The number of pyridine rings is 1. The van der Waals surface area contributed by atoms with E-state index in [1.54, 1.807) is 25.3 Å². The van der Waals surface area contributed by atoms with Gasteiger partial charge < -0.3 is 9.64 Å². The molecule has 0 saturated carbocycles. The van der Waals surface area contributed by atoms with Crippen LogP contribution in [0.3, 0.4) is 0 Å². The third-order valence-electron chi connectivity index (χ3n) is 6.98. The topological polar surface area (TPSA) is 37.7 Å². The summed E-state index contributed by atoms with van der Waals surface area (Å²) >= 11 is 1.50. The summed E-state index contributed by atoms with van der Waals surface area (Å²) < 4.78 is 37.3. The van der Waals surface area contributed by atoms with Gasteiger partial charge in [0.2, 0.25) is 0 Å². The van der Waals surface area contributed by atoms with Gasteiger partial charge in [0.1, 0.15) is 6.17 Å². The Morgan fingerprint density at radius 2 is 1.94 bits per heavy atom. The van der Waals surface area contributed by atoms with Crippen LogP contribution in [0.5, 0.6) is 0 Å². The first-order valence-corrected chi connectivity index (χ1v) is 12.2. The van der Waals surface area contributed by atoms with E-state index in [0.717, 1.165) is 21.8 Å². The highest BCUT2D eigenvalue weighted by Gasteiger charge is 2.43. The Labute approximate surface area is 200 Å². The lowest BCUT2D eigenvalue weighted by molar-refractivity contribution is 0.00312. The summed E-state index contributed by atoms with van der Waals surface area (Å²) in [4.78, 5) is 15.8. The van der Waals surface area contributed by atoms with Crippen LogP contribution < -0.4 is 10.4 Å². The number of halogens is 2. The number of hydrogen-bond donors (Lipinski definition) is 0. The van der Waals surface area contributed by atoms with Crippen molar-refractivity contribution < 1.29 is 13.5 Å². The molecule has 4 heterocycles. The molecule has 8 heteroatoms. The largest absolute Gasteiger partial charge is 0.375 e. The number of ether oxygens (including phenoxy) is 1. The number of fused-ring (bicyclic) bond motifs is 4. The summed E-state index contributed by atoms with van der Waals surface area (Å²) in [7, 11) is 0. The minimum absolute atomic E-state index is 0.0654. The van der Waals surface area contributed by atoms with E-state index in [2.05, 4.69) is 16.5 Å². The van der Waals surface area contributed by atoms with E-state index in [9.17, 15) is 9.18 Å². The Kier molecular flexibility index (Phi) is 5.04. The minimum atomic E-state index is -0.849. The Morgan fingerprint density at radius 3 is 2.79 bits per heavy atom. The Balaban J connectivity index is 1.67. The van der Waals surface area contributed by atoms with E-state index in [-0.39, 0.29) is 11.6 Å². The van der Waals surface area contributed by atoms with Gasteiger partial charge in [-0.2, -0.15) is 0 Å². The van der Waals surface area contributed by atoms with E-state index in [0.29, 0.717) is 42.2 Å². The summed E-state index contributed by atoms with van der Waals surface area (Å²) in [5.41, 5.74) is 4.09. The molecular weight excluding hydrogens is 456 g/mol. The first-order chi connectivity index (χ1) is 16.5. The third kappa shape index (κ3) is 3.05. The molecule has 0 aliphatic carbocycles. The van der Waals surface area contributed by atoms with Crippen LogP contribution in [0.1, 0.15) is 34.0 Å². The Morgan fingerprint density at radius 1 is 1.12 bits per heavy atom. The molecule has 6 rings (SSSR count). The lowest BCUT2D eigenvalue weighted by atomic mass is 9.93. The first-order valence-electron chi connectivity index (χ1n) is 11.2. The molecule has 2 aromatic carbocycles. The van der Waals surface area contributed by atoms with Crippen molar-refractivity contribution in [1.29, 1.82) is 0 Å². The Bertz CT molecular complexity index is 1390. The van der Waals surface area contributed by atoms with Crippen LogP contribution in [0, 0.1) is 18.6 Å². The molecule has 1 saturated heterocycles. The monoisotopic (exact) mass is 479 g/mol. The number of rotatable bonds is 1. The van der Waals surface area contributed by atoms with E-state index >= 15 is 4.39 Å². The standard InChI is InChI=1S/C26H23F2N3O2S/c1-15-21(32)9-10-30-25(15)16(2)29-11-12-33-13-23(29)31(30)26-17-7-8-20(27)24(28)19(17)14-34-22-6-4-3-5-18(22)26/h3-10,23,26H,2,11-14H2,1H3/t23-,26+/m1/s1. The molecule has 174 valence electrons. The van der Waals surface area contributed by atoms with Gasteiger partial charge >= 0.3 is 0 Å². The van der Waals surface area contributed by atoms with Gasteiger partial charge in [-0.3, -0.25) is 14.5 Å². The lowest BCUT2D eigenvalue weighted by Gasteiger charge is -2.53. The van der Waals surface area contributed by atoms with Crippen molar-refractivity contribution in [2.45, 2.75) is 29.8 Å². The second kappa shape index (κ2) is 7.99. The molecule has 1 fully saturated rings. The van der Waals surface area contributed by atoms with Crippen LogP contribution in [0.2, 0.25) is 0 Å². The van der Waals surface area contributed by atoms with Crippen LogP contribution in [0.4, 0.5) is 8.78 Å². The van der Waals surface area contributed by atoms with Gasteiger partial charge in [-0.15, -0.1) is 11.8 Å². The van der Waals surface area contributed by atoms with Crippen molar-refractivity contribution in [2.75, 3.05) is 24.8 Å². The second-order valence-electron chi connectivity index (χ2n) is 8.73. The van der Waals surface area contributed by atoms with Gasteiger partial charge in [0.25, 0.3) is 0 Å². The molecule has 0 unspecified atom stereocenters. The zero-order chi connectivity index (χ0) is 23.6. The SMILES string of the molecule is C=C1c2c(C)c(=O)ccn2N([C@@H]2c3ccccc3SCc3c2ccc(F)c3F)[C@@H]2COCCN12. The van der Waals surface area contributed by atoms with Crippen LogP contribution in [0.25, 0.3) is 5.70 Å². The molecule has 3 aliphatic heterocycles. The summed E-state index contributed by atoms with van der Waals surface area (Å²) in [6.45, 7) is 7.71. The summed E-state index contributed by atoms with van der Waals surface area (Å²) in [6, 6.07) is 12.0. The van der Waals surface area contributed by atoms with E-state index in [1.807, 2.05) is 28.9 Å². The van der Waals surface area contributed by atoms with E-state index in [4.69, 9.17) is 4.74 Å². The van der Waals surface area contributed by atoms with Crippen molar-refractivity contribution in [2.24, 2.45) is 0 Å². The van der Waals surface area contributed by atoms with E-state index < -0.39 is 17.7 Å². The molecular formula is C26H23F2N3O2S. The zero-order valence-electron chi connectivity index (χ0n) is 18.6. The zero-order valence-corrected chi connectivity index (χ0v) is 19.4. The summed E-state index contributed by atoms with van der Waals surface area (Å²) in [6.07, 6.45) is 1.51. The van der Waals surface area contributed by atoms with Crippen molar-refractivity contribution in [3.05, 3.63) is 105 Å². The van der Waals surface area contributed by atoms with Gasteiger partial charge in [0.15, 0.2) is 17.1 Å². The number of morpholine rings is 1. The van der Waals surface area contributed by atoms with Crippen LogP contribution in [-0.2, 0) is 10.5 Å². The number of thioether (sulfide) groups is 1. The number of benzene rings is 2. The average molecular weight is 480 g/mol. The van der Waals surface area contributed by atoms with Gasteiger partial charge in [0.05, 0.1) is 30.6 Å². The predicted molar refractivity (Wildman–Crippen MR) is 128 cm³/mol. The minimum Gasteiger partial charge on any atom is -0.375 e. The fourth-order valence-electron chi connectivity index (χ4n) is 5.32. The van der Waals surface area contributed by atoms with Crippen molar-refractivity contribution in [1.82, 2.24) is 9.58 Å². The quantitative estimate of drug-likeness (QED) is 0.517. The molecule has 0 N–H and O–H groups in total. The second-order valence-corrected chi connectivity index (χ2v) is 9.75. The molecule has 1 aromatic heterocycles. The third-order valence-corrected chi connectivity index (χ3v) is 8.09. The fraction of sp³-hybridized carbons (Fsp3) is 0.269. The van der Waals surface area contributed by atoms with Crippen LogP contribution >= 0.6 is 11.8 Å². The number of nitrogens with zero attached hydrogens (tertiary/aromatic N) is 3. The molecule has 3 aliphatic rings. The van der Waals surface area contributed by atoms with Crippen molar-refractivity contribution in [3.8, 4) is 0 Å². The predicted octanol–water partition coefficient (Wildman–Crippen LogP) is 4.41. The summed E-state index contributed by atoms with van der Waals surface area (Å²) in [5.74, 6) is -1.33. The normalized spacial score (nSPS) is 21.3. The average Bonchev–Trinajstić information content (AvgIpc) is 3.01. The molecule has 0 amide bonds. The molecule has 3 aromatic rings. The van der Waals surface area contributed by atoms with Crippen molar-refractivity contribution >= 4 is 17.5 Å². The van der Waals surface area contributed by atoms with Gasteiger partial charge in [-0.1, -0.05) is 30.8 Å². The molecule has 0 bridgehead atoms. The maximum absolute atomic E-state index is 15.1. The van der Waals surface area contributed by atoms with Gasteiger partial charge in [-0.25, -0.2) is 8.78 Å². The highest BCUT2D eigenvalue weighted by molar-refractivity contribution is 7.98. The van der Waals surface area contributed by atoms with Gasteiger partial charge in [-0.05, 0) is 30.2 Å². The molecule has 5 nitrogen and oxygen atoms in total. The van der Waals surface area contributed by atoms with Crippen molar-refractivity contribution in [3.63, 3.8) is 0 Å². The molecule has 2 atom stereocenters. The van der Waals surface area contributed by atoms with Crippen LogP contribution in [-0.4, -0.2) is 35.5 Å². The molecule has 0 radical (unpaired) electrons. The maximum atomic E-state index is 15.1. The molecule has 34 heavy (non-hydrogen) atoms. The maximum Gasteiger partial charge on any atom is 0.185 e. The lowest BCUT2D eigenvalue weighted by Crippen LogP contribution is -2.63. The number of hydrogen-bond acceptors (Lipinski definition) is 5. The Hall–Kier alpha value is -3.10. The highest BCUT2D eigenvalue weighted by Crippen LogP contribution is 2.45. The smallest absolute Gasteiger partial charge is 0.185 e. The number of aromatic nitrogens is 1.